The zero-order valence-corrected chi connectivity index (χ0v) is 19.6. The molecule has 188 valence electrons. The third kappa shape index (κ3) is 6.69. The number of nitrogens with one attached hydrogen (secondary N) is 2. The maximum absolute atomic E-state index is 13.3. The summed E-state index contributed by atoms with van der Waals surface area (Å²) in [5.41, 5.74) is 3.40. The molecule has 0 aliphatic carbocycles. The standard InChI is InChI=1S/C22H26ClN5O7/c23-15-6-3-14(4-7-15)5-8-18(30)25-26-11-9-19(31)27-10-1-2-17(28(27)22(26)35)21(34)24-16(13-29)12-20(32)33/h3-4,6-7,13,16-17H,1-2,5,8-12H2,(H,24,34)(H,25,30)(H,32,33)/t16-,17-/m0/s1. The molecule has 12 nitrogen and oxygen atoms in total. The lowest BCUT2D eigenvalue weighted by Crippen LogP contribution is -2.64. The summed E-state index contributed by atoms with van der Waals surface area (Å²) in [6.45, 7) is 0.126. The first kappa shape index (κ1) is 25.9. The molecular formula is C22H26ClN5O7. The summed E-state index contributed by atoms with van der Waals surface area (Å²) in [7, 11) is 0. The second-order valence-corrected chi connectivity index (χ2v) is 8.65. The number of nitrogens with zero attached hydrogens (tertiary/aromatic N) is 3. The monoisotopic (exact) mass is 507 g/mol. The minimum atomic E-state index is -1.28. The van der Waals surface area contributed by atoms with E-state index < -0.39 is 48.2 Å². The highest BCUT2D eigenvalue weighted by molar-refractivity contribution is 6.30. The van der Waals surface area contributed by atoms with Crippen LogP contribution in [0.25, 0.3) is 0 Å². The van der Waals surface area contributed by atoms with Gasteiger partial charge in [0.05, 0.1) is 19.0 Å². The average molecular weight is 508 g/mol. The van der Waals surface area contributed by atoms with Gasteiger partial charge in [-0.05, 0) is 37.0 Å². The number of rotatable bonds is 9. The molecule has 2 atom stereocenters. The van der Waals surface area contributed by atoms with Crippen LogP contribution in [0.5, 0.6) is 0 Å². The number of aliphatic carboxylic acids is 1. The molecule has 0 unspecified atom stereocenters. The lowest BCUT2D eigenvalue weighted by molar-refractivity contribution is -0.155. The Hall–Kier alpha value is -3.67. The molecule has 0 bridgehead atoms. The third-order valence-corrected chi connectivity index (χ3v) is 5.92. The van der Waals surface area contributed by atoms with E-state index in [0.717, 1.165) is 15.6 Å². The fourth-order valence-electron chi connectivity index (χ4n) is 3.93. The molecule has 5 amide bonds. The highest BCUT2D eigenvalue weighted by Crippen LogP contribution is 2.24. The van der Waals surface area contributed by atoms with E-state index in [-0.39, 0.29) is 32.4 Å². The van der Waals surface area contributed by atoms with Crippen molar-refractivity contribution in [3.05, 3.63) is 34.9 Å². The summed E-state index contributed by atoms with van der Waals surface area (Å²) >= 11 is 5.86. The van der Waals surface area contributed by atoms with Crippen LogP contribution < -0.4 is 10.7 Å². The summed E-state index contributed by atoms with van der Waals surface area (Å²) in [4.78, 5) is 73.5. The van der Waals surface area contributed by atoms with Crippen molar-refractivity contribution in [2.24, 2.45) is 0 Å². The highest BCUT2D eigenvalue weighted by Gasteiger charge is 2.44. The number of hydrazine groups is 2. The van der Waals surface area contributed by atoms with Gasteiger partial charge in [-0.15, -0.1) is 0 Å². The van der Waals surface area contributed by atoms with Crippen LogP contribution >= 0.6 is 11.6 Å². The highest BCUT2D eigenvalue weighted by atomic mass is 35.5. The van der Waals surface area contributed by atoms with Gasteiger partial charge in [0.25, 0.3) is 0 Å². The molecule has 2 heterocycles. The van der Waals surface area contributed by atoms with Gasteiger partial charge in [-0.25, -0.2) is 19.8 Å². The SMILES string of the molecule is O=C[C@H](CC(=O)O)NC(=O)[C@@H]1CCCN2C(=O)CCN(NC(=O)CCc3ccc(Cl)cc3)C(=O)N12. The van der Waals surface area contributed by atoms with Crippen molar-refractivity contribution in [1.29, 1.82) is 0 Å². The number of amides is 5. The van der Waals surface area contributed by atoms with Gasteiger partial charge in [0.1, 0.15) is 12.3 Å². The first-order valence-corrected chi connectivity index (χ1v) is 11.5. The smallest absolute Gasteiger partial charge is 0.358 e. The van der Waals surface area contributed by atoms with Crippen LogP contribution in [0, 0.1) is 0 Å². The van der Waals surface area contributed by atoms with Crippen molar-refractivity contribution in [1.82, 2.24) is 25.8 Å². The van der Waals surface area contributed by atoms with Gasteiger partial charge in [0, 0.05) is 24.4 Å². The molecule has 0 radical (unpaired) electrons. The van der Waals surface area contributed by atoms with Crippen molar-refractivity contribution in [2.45, 2.75) is 50.6 Å². The number of aryl methyl sites for hydroxylation is 1. The van der Waals surface area contributed by atoms with Gasteiger partial charge < -0.3 is 15.2 Å². The number of benzene rings is 1. The molecule has 3 N–H and O–H groups in total. The largest absolute Gasteiger partial charge is 0.481 e. The van der Waals surface area contributed by atoms with Crippen LogP contribution in [0.15, 0.2) is 24.3 Å². The van der Waals surface area contributed by atoms with Gasteiger partial charge in [-0.3, -0.25) is 24.6 Å². The molecule has 3 rings (SSSR count). The minimum Gasteiger partial charge on any atom is -0.481 e. The van der Waals surface area contributed by atoms with Crippen LogP contribution in [-0.2, 0) is 30.4 Å². The van der Waals surface area contributed by atoms with Gasteiger partial charge in [0.2, 0.25) is 17.7 Å². The summed E-state index contributed by atoms with van der Waals surface area (Å²) in [5, 5.41) is 15.0. The van der Waals surface area contributed by atoms with E-state index in [1.807, 2.05) is 0 Å². The molecule has 2 aliphatic rings. The van der Waals surface area contributed by atoms with Crippen molar-refractivity contribution in [3.63, 3.8) is 0 Å². The quantitative estimate of drug-likeness (QED) is 0.411. The normalized spacial score (nSPS) is 18.9. The second kappa shape index (κ2) is 11.6. The Balaban J connectivity index is 1.70. The lowest BCUT2D eigenvalue weighted by Gasteiger charge is -2.42. The van der Waals surface area contributed by atoms with Crippen molar-refractivity contribution in [3.8, 4) is 0 Å². The number of urea groups is 1. The molecule has 0 saturated carbocycles. The lowest BCUT2D eigenvalue weighted by atomic mass is 10.1. The number of carbonyl (C=O) groups excluding carboxylic acids is 5. The molecule has 2 aliphatic heterocycles. The van der Waals surface area contributed by atoms with Crippen molar-refractivity contribution in [2.75, 3.05) is 13.1 Å². The molecular weight excluding hydrogens is 482 g/mol. The van der Waals surface area contributed by atoms with E-state index in [9.17, 15) is 28.8 Å². The van der Waals surface area contributed by atoms with E-state index in [2.05, 4.69) is 10.7 Å². The van der Waals surface area contributed by atoms with E-state index in [0.29, 0.717) is 24.2 Å². The number of carboxylic acid groups (broad SMARTS) is 1. The molecule has 35 heavy (non-hydrogen) atoms. The van der Waals surface area contributed by atoms with E-state index in [4.69, 9.17) is 16.7 Å². The summed E-state index contributed by atoms with van der Waals surface area (Å²) in [5.74, 6) is -2.88. The van der Waals surface area contributed by atoms with E-state index in [1.165, 1.54) is 5.01 Å². The maximum Gasteiger partial charge on any atom is 0.358 e. The average Bonchev–Trinajstić information content (AvgIpc) is 2.95. The number of carbonyl (C=O) groups is 6. The van der Waals surface area contributed by atoms with Gasteiger partial charge >= 0.3 is 12.0 Å². The topological polar surface area (TPSA) is 156 Å². The van der Waals surface area contributed by atoms with Crippen LogP contribution in [-0.4, -0.2) is 81.3 Å². The summed E-state index contributed by atoms with van der Waals surface area (Å²) in [6.07, 6.45) is 0.711. The van der Waals surface area contributed by atoms with Crippen LogP contribution in [0.3, 0.4) is 0 Å². The molecule has 0 aromatic heterocycles. The number of hydrogen-bond acceptors (Lipinski definition) is 6. The Labute approximate surface area is 206 Å². The first-order chi connectivity index (χ1) is 16.7. The molecule has 1 aromatic carbocycles. The van der Waals surface area contributed by atoms with E-state index >= 15 is 0 Å². The predicted molar refractivity (Wildman–Crippen MR) is 121 cm³/mol. The van der Waals surface area contributed by atoms with Crippen LogP contribution in [0.2, 0.25) is 5.02 Å². The molecule has 1 aromatic rings. The molecule has 13 heteroatoms. The summed E-state index contributed by atoms with van der Waals surface area (Å²) in [6, 6.07) is 3.80. The third-order valence-electron chi connectivity index (χ3n) is 5.67. The minimum absolute atomic E-state index is 0.0655. The maximum atomic E-state index is 13.3. The van der Waals surface area contributed by atoms with Gasteiger partial charge in [-0.1, -0.05) is 23.7 Å². The zero-order chi connectivity index (χ0) is 25.5. The first-order valence-electron chi connectivity index (χ1n) is 11.1. The number of hydrogen-bond donors (Lipinski definition) is 3. The van der Waals surface area contributed by atoms with Crippen LogP contribution in [0.1, 0.15) is 37.7 Å². The number of aldehydes is 1. The van der Waals surface area contributed by atoms with E-state index in [1.54, 1.807) is 24.3 Å². The Morgan fingerprint density at radius 2 is 1.89 bits per heavy atom. The molecule has 0 spiro atoms. The van der Waals surface area contributed by atoms with Gasteiger partial charge in [-0.2, -0.15) is 0 Å². The second-order valence-electron chi connectivity index (χ2n) is 8.21. The fraction of sp³-hybridized carbons (Fsp3) is 0.455. The number of halogens is 1. The Morgan fingerprint density at radius 3 is 2.54 bits per heavy atom. The van der Waals surface area contributed by atoms with Crippen molar-refractivity contribution >= 4 is 47.6 Å². The predicted octanol–water partition coefficient (Wildman–Crippen LogP) is 0.496. The van der Waals surface area contributed by atoms with Crippen molar-refractivity contribution < 1.29 is 33.9 Å². The Morgan fingerprint density at radius 1 is 1.17 bits per heavy atom. The Bertz CT molecular complexity index is 1000. The zero-order valence-electron chi connectivity index (χ0n) is 18.8. The Kier molecular flexibility index (Phi) is 8.63. The fourth-order valence-corrected chi connectivity index (χ4v) is 4.06. The molecule has 2 fully saturated rings. The molecule has 2 saturated heterocycles. The summed E-state index contributed by atoms with van der Waals surface area (Å²) < 4.78 is 0. The number of carboxylic acids is 1. The van der Waals surface area contributed by atoms with Gasteiger partial charge in [0.15, 0.2) is 0 Å². The van der Waals surface area contributed by atoms with Crippen LogP contribution in [0.4, 0.5) is 4.79 Å². The number of fused-ring (bicyclic) bond motifs is 1.